The second-order valence-corrected chi connectivity index (χ2v) is 11.2. The van der Waals surface area contributed by atoms with E-state index in [1.807, 2.05) is 76.2 Å². The van der Waals surface area contributed by atoms with Crippen LogP contribution in [0.15, 0.2) is 79.1 Å². The summed E-state index contributed by atoms with van der Waals surface area (Å²) in [6.45, 7) is 7.65. The maximum atomic E-state index is 14.5. The monoisotopic (exact) mass is 491 g/mol. The maximum Gasteiger partial charge on any atom is 0.238 e. The molecule has 3 aliphatic rings. The van der Waals surface area contributed by atoms with Gasteiger partial charge in [0.2, 0.25) is 5.91 Å². The zero-order valence-corrected chi connectivity index (χ0v) is 21.4. The fraction of sp³-hybridized carbons (Fsp3) is 0.290. The molecule has 4 heterocycles. The lowest BCUT2D eigenvalue weighted by Crippen LogP contribution is -2.51. The van der Waals surface area contributed by atoms with Crippen LogP contribution in [0, 0.1) is 11.3 Å². The molecule has 0 radical (unpaired) electrons. The molecule has 186 valence electrons. The first-order chi connectivity index (χ1) is 17.7. The summed E-state index contributed by atoms with van der Waals surface area (Å²) in [6, 6.07) is 17.5. The largest absolute Gasteiger partial charge is 0.352 e. The van der Waals surface area contributed by atoms with Crippen LogP contribution in [0.3, 0.4) is 0 Å². The Labute approximate surface area is 216 Å². The molecule has 1 aromatic heterocycles. The SMILES string of the molecule is CC1=CC2N(c3ccccc31)C(C(=O)C(C)(C)C)C(C(=O)c1cccnc1)C21C(=O)Nc2ccccc21. The fourth-order valence-electron chi connectivity index (χ4n) is 6.52. The summed E-state index contributed by atoms with van der Waals surface area (Å²) >= 11 is 0. The number of anilines is 2. The number of Topliss-reactive ketones (excluding diaryl/α,β-unsaturated/α-hetero) is 2. The predicted molar refractivity (Wildman–Crippen MR) is 143 cm³/mol. The van der Waals surface area contributed by atoms with Gasteiger partial charge in [-0.25, -0.2) is 0 Å². The van der Waals surface area contributed by atoms with E-state index in [1.54, 1.807) is 18.3 Å². The van der Waals surface area contributed by atoms with Gasteiger partial charge in [0.05, 0.1) is 12.0 Å². The van der Waals surface area contributed by atoms with E-state index >= 15 is 0 Å². The van der Waals surface area contributed by atoms with Crippen molar-refractivity contribution >= 4 is 34.4 Å². The lowest BCUT2D eigenvalue weighted by atomic mass is 9.63. The summed E-state index contributed by atoms with van der Waals surface area (Å²) in [5.41, 5.74) is 2.69. The lowest BCUT2D eigenvalue weighted by molar-refractivity contribution is -0.128. The van der Waals surface area contributed by atoms with E-state index in [1.165, 1.54) is 6.20 Å². The number of nitrogens with one attached hydrogen (secondary N) is 1. The molecular formula is C31H29N3O3. The predicted octanol–water partition coefficient (Wildman–Crippen LogP) is 5.06. The molecule has 4 unspecified atom stereocenters. The topological polar surface area (TPSA) is 79.4 Å². The molecule has 1 amide bonds. The van der Waals surface area contributed by atoms with Crippen molar-refractivity contribution in [2.24, 2.45) is 11.3 Å². The molecule has 0 bridgehead atoms. The van der Waals surface area contributed by atoms with Crippen LogP contribution in [0.25, 0.3) is 5.57 Å². The molecule has 37 heavy (non-hydrogen) atoms. The van der Waals surface area contributed by atoms with Crippen molar-refractivity contribution in [2.75, 3.05) is 10.2 Å². The molecule has 6 heteroatoms. The Morgan fingerprint density at radius 2 is 1.73 bits per heavy atom. The number of benzene rings is 2. The van der Waals surface area contributed by atoms with Gasteiger partial charge in [-0.15, -0.1) is 0 Å². The van der Waals surface area contributed by atoms with Crippen LogP contribution in [0.5, 0.6) is 0 Å². The number of carbonyl (C=O) groups excluding carboxylic acids is 3. The van der Waals surface area contributed by atoms with Crippen molar-refractivity contribution in [3.8, 4) is 0 Å². The second kappa shape index (κ2) is 7.97. The first kappa shape index (κ1) is 23.3. The molecule has 6 nitrogen and oxygen atoms in total. The van der Waals surface area contributed by atoms with Gasteiger partial charge in [-0.3, -0.25) is 19.4 Å². The number of rotatable bonds is 3. The zero-order valence-electron chi connectivity index (χ0n) is 21.4. The molecule has 1 saturated heterocycles. The van der Waals surface area contributed by atoms with Gasteiger partial charge < -0.3 is 10.2 Å². The normalized spacial score (nSPS) is 25.7. The Bertz CT molecular complexity index is 1490. The Hall–Kier alpha value is -4.06. The quantitative estimate of drug-likeness (QED) is 0.518. The first-order valence-corrected chi connectivity index (χ1v) is 12.6. The number of amides is 1. The van der Waals surface area contributed by atoms with E-state index in [-0.39, 0.29) is 17.5 Å². The van der Waals surface area contributed by atoms with Gasteiger partial charge >= 0.3 is 0 Å². The molecule has 1 spiro atoms. The van der Waals surface area contributed by atoms with Gasteiger partial charge in [0, 0.05) is 40.3 Å². The summed E-state index contributed by atoms with van der Waals surface area (Å²) in [7, 11) is 0. The zero-order chi connectivity index (χ0) is 26.1. The average molecular weight is 492 g/mol. The van der Waals surface area contributed by atoms with Crippen LogP contribution < -0.4 is 10.2 Å². The van der Waals surface area contributed by atoms with Crippen LogP contribution in [0.1, 0.15) is 49.2 Å². The third-order valence-corrected chi connectivity index (χ3v) is 8.12. The fourth-order valence-corrected chi connectivity index (χ4v) is 6.52. The highest BCUT2D eigenvalue weighted by molar-refractivity contribution is 6.17. The number of hydrogen-bond donors (Lipinski definition) is 1. The Morgan fingerprint density at radius 1 is 1.00 bits per heavy atom. The van der Waals surface area contributed by atoms with E-state index < -0.39 is 28.8 Å². The number of allylic oxidation sites excluding steroid dienone is 1. The van der Waals surface area contributed by atoms with Crippen LogP contribution in [-0.2, 0) is 15.0 Å². The smallest absolute Gasteiger partial charge is 0.238 e. The van der Waals surface area contributed by atoms with Gasteiger partial charge in [0.1, 0.15) is 11.5 Å². The van der Waals surface area contributed by atoms with Gasteiger partial charge in [-0.2, -0.15) is 0 Å². The van der Waals surface area contributed by atoms with Gasteiger partial charge in [-0.1, -0.05) is 63.2 Å². The number of nitrogens with zero attached hydrogens (tertiary/aromatic N) is 2. The van der Waals surface area contributed by atoms with Crippen molar-refractivity contribution in [1.82, 2.24) is 4.98 Å². The highest BCUT2D eigenvalue weighted by Crippen LogP contribution is 2.59. The van der Waals surface area contributed by atoms with Crippen LogP contribution in [0.4, 0.5) is 11.4 Å². The summed E-state index contributed by atoms with van der Waals surface area (Å²) < 4.78 is 0. The van der Waals surface area contributed by atoms with Crippen molar-refractivity contribution in [3.63, 3.8) is 0 Å². The van der Waals surface area contributed by atoms with Crippen molar-refractivity contribution in [1.29, 1.82) is 0 Å². The van der Waals surface area contributed by atoms with Gasteiger partial charge in [-0.05, 0) is 42.3 Å². The standard InChI is InChI=1S/C31H29N3O3/c1-18-16-24-31(21-12-6-7-13-22(21)33-29(31)37)25(27(35)19-10-9-15-32-17-19)26(28(36)30(2,3)4)34(24)23-14-8-5-11-20(18)23/h5-17,24-26H,1-4H3,(H,33,37). The van der Waals surface area contributed by atoms with E-state index in [0.717, 1.165) is 22.4 Å². The van der Waals surface area contributed by atoms with E-state index in [4.69, 9.17) is 0 Å². The molecule has 3 aliphatic heterocycles. The number of hydrogen-bond acceptors (Lipinski definition) is 5. The molecule has 0 saturated carbocycles. The van der Waals surface area contributed by atoms with E-state index in [0.29, 0.717) is 11.3 Å². The van der Waals surface area contributed by atoms with Crippen molar-refractivity contribution in [2.45, 2.75) is 45.2 Å². The van der Waals surface area contributed by atoms with Gasteiger partial charge in [0.15, 0.2) is 11.6 Å². The number of carbonyl (C=O) groups is 3. The minimum Gasteiger partial charge on any atom is -0.352 e. The Kier molecular flexibility index (Phi) is 5.03. The summed E-state index contributed by atoms with van der Waals surface area (Å²) in [5, 5.41) is 3.06. The van der Waals surface area contributed by atoms with E-state index in [2.05, 4.69) is 21.3 Å². The molecule has 2 aromatic carbocycles. The van der Waals surface area contributed by atoms with Crippen molar-refractivity contribution < 1.29 is 14.4 Å². The maximum absolute atomic E-state index is 14.5. The lowest BCUT2D eigenvalue weighted by Gasteiger charge is -2.39. The summed E-state index contributed by atoms with van der Waals surface area (Å²) in [6.07, 6.45) is 5.21. The summed E-state index contributed by atoms with van der Waals surface area (Å²) in [5.74, 6) is -1.53. The molecule has 1 N–H and O–H groups in total. The average Bonchev–Trinajstić information content (AvgIpc) is 3.36. The number of pyridine rings is 1. The molecule has 4 atom stereocenters. The number of ketones is 2. The molecule has 3 aromatic rings. The summed E-state index contributed by atoms with van der Waals surface area (Å²) in [4.78, 5) is 49.4. The Morgan fingerprint density at radius 3 is 2.46 bits per heavy atom. The van der Waals surface area contributed by atoms with Gasteiger partial charge in [0.25, 0.3) is 0 Å². The third-order valence-electron chi connectivity index (χ3n) is 8.12. The first-order valence-electron chi connectivity index (χ1n) is 12.6. The second-order valence-electron chi connectivity index (χ2n) is 11.2. The highest BCUT2D eigenvalue weighted by Gasteiger charge is 2.71. The van der Waals surface area contributed by atoms with Crippen LogP contribution in [0.2, 0.25) is 0 Å². The number of aromatic nitrogens is 1. The molecule has 1 fully saturated rings. The minimum atomic E-state index is -1.29. The van der Waals surface area contributed by atoms with Crippen LogP contribution >= 0.6 is 0 Å². The van der Waals surface area contributed by atoms with E-state index in [9.17, 15) is 14.4 Å². The Balaban J connectivity index is 1.71. The van der Waals surface area contributed by atoms with Crippen molar-refractivity contribution in [3.05, 3.63) is 95.8 Å². The highest BCUT2D eigenvalue weighted by atomic mass is 16.2. The number of para-hydroxylation sites is 2. The molecule has 6 rings (SSSR count). The third kappa shape index (κ3) is 3.11. The molecular weight excluding hydrogens is 462 g/mol. The number of fused-ring (bicyclic) bond motifs is 6. The molecule has 0 aliphatic carbocycles. The van der Waals surface area contributed by atoms with Crippen LogP contribution in [-0.4, -0.2) is 34.5 Å². The minimum absolute atomic E-state index is 0.0726.